The van der Waals surface area contributed by atoms with E-state index in [2.05, 4.69) is 22.5 Å². The molecule has 0 aliphatic rings. The van der Waals surface area contributed by atoms with E-state index in [0.29, 0.717) is 19.8 Å². The number of likely N-dealkylation sites (N-methyl/N-ethyl adjacent to an activating group) is 1. The predicted molar refractivity (Wildman–Crippen MR) is 130 cm³/mol. The highest BCUT2D eigenvalue weighted by Gasteiger charge is 1.99. The molecule has 0 aromatic carbocycles. The van der Waals surface area contributed by atoms with Crippen LogP contribution >= 0.6 is 0 Å². The van der Waals surface area contributed by atoms with Crippen molar-refractivity contribution in [1.82, 2.24) is 15.5 Å². The van der Waals surface area contributed by atoms with Gasteiger partial charge in [-0.3, -0.25) is 0 Å². The van der Waals surface area contributed by atoms with Crippen molar-refractivity contribution < 1.29 is 9.53 Å². The van der Waals surface area contributed by atoms with Crippen LogP contribution in [0.25, 0.3) is 0 Å². The highest BCUT2D eigenvalue weighted by Crippen LogP contribution is 2.13. The first-order valence-corrected chi connectivity index (χ1v) is 12.9. The summed E-state index contributed by atoms with van der Waals surface area (Å²) in [6.07, 6.45) is 21.9. The predicted octanol–water partition coefficient (Wildman–Crippen LogP) is 6.13. The molecule has 0 unspecified atom stereocenters. The molecule has 0 atom stereocenters. The number of carbonyl (C=O) groups is 1. The molecule has 0 aliphatic carbocycles. The molecule has 5 heteroatoms. The number of unbranched alkanes of at least 4 members (excludes halogenated alkanes) is 15. The van der Waals surface area contributed by atoms with Gasteiger partial charge in [-0.1, -0.05) is 103 Å². The lowest BCUT2D eigenvalue weighted by molar-refractivity contribution is 0.120. The van der Waals surface area contributed by atoms with E-state index < -0.39 is 0 Å². The van der Waals surface area contributed by atoms with Gasteiger partial charge in [0, 0.05) is 19.6 Å². The summed E-state index contributed by atoms with van der Waals surface area (Å²) in [5, 5.41) is 5.76. The second-order valence-electron chi connectivity index (χ2n) is 8.90. The third-order valence-electron chi connectivity index (χ3n) is 5.53. The normalized spacial score (nSPS) is 11.2. The van der Waals surface area contributed by atoms with E-state index in [9.17, 15) is 4.79 Å². The Labute approximate surface area is 188 Å². The van der Waals surface area contributed by atoms with Crippen LogP contribution in [-0.2, 0) is 4.74 Å². The van der Waals surface area contributed by atoms with Gasteiger partial charge in [0.1, 0.15) is 0 Å². The van der Waals surface area contributed by atoms with Crippen molar-refractivity contribution >= 4 is 6.03 Å². The van der Waals surface area contributed by atoms with E-state index in [0.717, 1.165) is 19.5 Å². The van der Waals surface area contributed by atoms with Gasteiger partial charge in [0.05, 0.1) is 13.2 Å². The van der Waals surface area contributed by atoms with Crippen molar-refractivity contribution in [2.75, 3.05) is 46.9 Å². The van der Waals surface area contributed by atoms with Gasteiger partial charge in [-0.25, -0.2) is 4.79 Å². The van der Waals surface area contributed by atoms with Gasteiger partial charge in [0.15, 0.2) is 0 Å². The second kappa shape index (κ2) is 24.5. The Morgan fingerprint density at radius 1 is 0.633 bits per heavy atom. The summed E-state index contributed by atoms with van der Waals surface area (Å²) in [4.78, 5) is 13.7. The molecule has 0 saturated heterocycles. The highest BCUT2D eigenvalue weighted by atomic mass is 16.5. The maximum atomic E-state index is 11.7. The van der Waals surface area contributed by atoms with Gasteiger partial charge >= 0.3 is 6.03 Å². The number of nitrogens with one attached hydrogen (secondary N) is 2. The fourth-order valence-electron chi connectivity index (χ4n) is 3.52. The summed E-state index contributed by atoms with van der Waals surface area (Å²) in [6.45, 7) is 5.80. The molecule has 30 heavy (non-hydrogen) atoms. The number of hydrogen-bond donors (Lipinski definition) is 2. The third kappa shape index (κ3) is 25.2. The Bertz CT molecular complexity index is 351. The molecule has 0 fully saturated rings. The minimum absolute atomic E-state index is 0.0767. The molecule has 0 radical (unpaired) electrons. The van der Waals surface area contributed by atoms with Gasteiger partial charge in [0.2, 0.25) is 0 Å². The van der Waals surface area contributed by atoms with Crippen molar-refractivity contribution in [2.45, 2.75) is 110 Å². The fraction of sp³-hybridized carbons (Fsp3) is 0.960. The number of rotatable bonds is 23. The monoisotopic (exact) mass is 427 g/mol. The lowest BCUT2D eigenvalue weighted by atomic mass is 10.0. The zero-order valence-corrected chi connectivity index (χ0v) is 20.6. The summed E-state index contributed by atoms with van der Waals surface area (Å²) in [6, 6.07) is -0.0767. The second-order valence-corrected chi connectivity index (χ2v) is 8.90. The fourth-order valence-corrected chi connectivity index (χ4v) is 3.52. The number of hydrogen-bond acceptors (Lipinski definition) is 3. The van der Waals surface area contributed by atoms with Gasteiger partial charge < -0.3 is 20.3 Å². The van der Waals surface area contributed by atoms with Gasteiger partial charge in [-0.2, -0.15) is 0 Å². The molecular formula is C25H53N3O2. The molecule has 180 valence electrons. The van der Waals surface area contributed by atoms with Gasteiger partial charge in [-0.15, -0.1) is 0 Å². The summed E-state index contributed by atoms with van der Waals surface area (Å²) >= 11 is 0. The van der Waals surface area contributed by atoms with Crippen molar-refractivity contribution in [3.8, 4) is 0 Å². The van der Waals surface area contributed by atoms with E-state index in [1.807, 2.05) is 14.1 Å². The van der Waals surface area contributed by atoms with Crippen LogP contribution in [0.1, 0.15) is 110 Å². The van der Waals surface area contributed by atoms with Crippen LogP contribution in [-0.4, -0.2) is 57.9 Å². The molecule has 2 amide bonds. The van der Waals surface area contributed by atoms with Crippen molar-refractivity contribution in [3.05, 3.63) is 0 Å². The molecule has 0 bridgehead atoms. The minimum Gasteiger partial charge on any atom is -0.378 e. The van der Waals surface area contributed by atoms with E-state index in [-0.39, 0.29) is 6.03 Å². The first kappa shape index (κ1) is 29.2. The minimum atomic E-state index is -0.0767. The molecule has 2 N–H and O–H groups in total. The topological polar surface area (TPSA) is 53.6 Å². The smallest absolute Gasteiger partial charge is 0.314 e. The molecule has 0 aromatic heterocycles. The van der Waals surface area contributed by atoms with Crippen LogP contribution in [0.15, 0.2) is 0 Å². The number of ether oxygens (including phenoxy) is 1. The van der Waals surface area contributed by atoms with E-state index in [1.54, 1.807) is 0 Å². The zero-order valence-electron chi connectivity index (χ0n) is 20.6. The zero-order chi connectivity index (χ0) is 22.1. The van der Waals surface area contributed by atoms with Gasteiger partial charge in [0.25, 0.3) is 0 Å². The molecule has 5 nitrogen and oxygen atoms in total. The van der Waals surface area contributed by atoms with Crippen LogP contribution in [0.3, 0.4) is 0 Å². The Kier molecular flexibility index (Phi) is 23.8. The SMILES string of the molecule is CCCCCCCCCCCCCCCCCCNC(=O)NCCOCCN(C)C. The van der Waals surface area contributed by atoms with Crippen LogP contribution < -0.4 is 10.6 Å². The standard InChI is InChI=1S/C25H53N3O2/c1-4-5-6-7-8-9-10-11-12-13-14-15-16-17-18-19-20-26-25(29)27-21-23-30-24-22-28(2)3/h4-24H2,1-3H3,(H2,26,27,29). The summed E-state index contributed by atoms with van der Waals surface area (Å²) in [5.41, 5.74) is 0. The molecule has 0 rings (SSSR count). The highest BCUT2D eigenvalue weighted by molar-refractivity contribution is 5.73. The summed E-state index contributed by atoms with van der Waals surface area (Å²) in [7, 11) is 4.04. The number of urea groups is 1. The first-order valence-electron chi connectivity index (χ1n) is 12.9. The van der Waals surface area contributed by atoms with Crippen LogP contribution in [0.5, 0.6) is 0 Å². The Balaban J connectivity index is 3.12. The van der Waals surface area contributed by atoms with Crippen molar-refractivity contribution in [2.24, 2.45) is 0 Å². The van der Waals surface area contributed by atoms with E-state index >= 15 is 0 Å². The van der Waals surface area contributed by atoms with Crippen LogP contribution in [0.2, 0.25) is 0 Å². The Morgan fingerprint density at radius 3 is 1.53 bits per heavy atom. The number of carbonyl (C=O) groups excluding carboxylic acids is 1. The lowest BCUT2D eigenvalue weighted by Crippen LogP contribution is -2.38. The lowest BCUT2D eigenvalue weighted by Gasteiger charge is -2.10. The Hall–Kier alpha value is -0.810. The summed E-state index contributed by atoms with van der Waals surface area (Å²) in [5.74, 6) is 0. The Morgan fingerprint density at radius 2 is 1.07 bits per heavy atom. The maximum absolute atomic E-state index is 11.7. The molecule has 0 aliphatic heterocycles. The van der Waals surface area contributed by atoms with E-state index in [4.69, 9.17) is 4.74 Å². The summed E-state index contributed by atoms with van der Waals surface area (Å²) < 4.78 is 5.45. The molecular weight excluding hydrogens is 374 g/mol. The maximum Gasteiger partial charge on any atom is 0.314 e. The van der Waals surface area contributed by atoms with Crippen LogP contribution in [0.4, 0.5) is 4.79 Å². The third-order valence-corrected chi connectivity index (χ3v) is 5.53. The average Bonchev–Trinajstić information content (AvgIpc) is 2.72. The van der Waals surface area contributed by atoms with E-state index in [1.165, 1.54) is 96.3 Å². The first-order chi connectivity index (χ1) is 14.7. The largest absolute Gasteiger partial charge is 0.378 e. The van der Waals surface area contributed by atoms with Crippen molar-refractivity contribution in [3.63, 3.8) is 0 Å². The van der Waals surface area contributed by atoms with Crippen LogP contribution in [0, 0.1) is 0 Å². The molecule has 0 heterocycles. The quantitative estimate of drug-likeness (QED) is 0.193. The van der Waals surface area contributed by atoms with Gasteiger partial charge in [-0.05, 0) is 20.5 Å². The molecule has 0 spiro atoms. The number of nitrogens with zero attached hydrogens (tertiary/aromatic N) is 1. The molecule has 0 aromatic rings. The number of amides is 2. The average molecular weight is 428 g/mol. The molecule has 0 saturated carbocycles. The van der Waals surface area contributed by atoms with Crippen molar-refractivity contribution in [1.29, 1.82) is 0 Å².